The van der Waals surface area contributed by atoms with E-state index in [2.05, 4.69) is 13.0 Å². The Morgan fingerprint density at radius 1 is 1.48 bits per heavy atom. The van der Waals surface area contributed by atoms with Gasteiger partial charge in [-0.3, -0.25) is 9.69 Å². The van der Waals surface area contributed by atoms with Gasteiger partial charge in [0.15, 0.2) is 0 Å². The van der Waals surface area contributed by atoms with Gasteiger partial charge in [0.05, 0.1) is 19.2 Å². The molecule has 2 heterocycles. The lowest BCUT2D eigenvalue weighted by atomic mass is 10.2. The van der Waals surface area contributed by atoms with Crippen LogP contribution in [-0.2, 0) is 16.1 Å². The summed E-state index contributed by atoms with van der Waals surface area (Å²) in [6, 6.07) is 4.09. The average molecular weight is 292 g/mol. The summed E-state index contributed by atoms with van der Waals surface area (Å²) in [5, 5.41) is 0. The van der Waals surface area contributed by atoms with Crippen molar-refractivity contribution in [1.29, 1.82) is 0 Å². The summed E-state index contributed by atoms with van der Waals surface area (Å²) in [4.78, 5) is 13.3. The average Bonchev–Trinajstić information content (AvgIpc) is 2.84. The van der Waals surface area contributed by atoms with Crippen LogP contribution in [0.3, 0.4) is 0 Å². The summed E-state index contributed by atoms with van der Waals surface area (Å²) in [5.74, 6) is 2.99. The van der Waals surface area contributed by atoms with Gasteiger partial charge in [0.1, 0.15) is 11.5 Å². The standard InChI is InChI=1S/C16H24N2O3/c1-11-7-14(11)15-5-4-13(21-15)9-18(10-16(17)19)8-12-3-2-6-20-12/h4-5,11-12,14H,2-3,6-10H2,1H3,(H2,17,19)/t11-,12+,14+/m1/s1. The van der Waals surface area contributed by atoms with Crippen molar-refractivity contribution >= 4 is 5.91 Å². The number of carbonyl (C=O) groups excluding carboxylic acids is 1. The Morgan fingerprint density at radius 3 is 2.90 bits per heavy atom. The topological polar surface area (TPSA) is 68.7 Å². The maximum atomic E-state index is 11.2. The number of hydrogen-bond donors (Lipinski definition) is 1. The fourth-order valence-corrected chi connectivity index (χ4v) is 3.10. The predicted octanol–water partition coefficient (Wildman–Crippen LogP) is 1.87. The maximum absolute atomic E-state index is 11.2. The number of nitrogens with two attached hydrogens (primary N) is 1. The summed E-state index contributed by atoms with van der Waals surface area (Å²) < 4.78 is 11.6. The molecular weight excluding hydrogens is 268 g/mol. The van der Waals surface area contributed by atoms with E-state index in [1.165, 1.54) is 6.42 Å². The lowest BCUT2D eigenvalue weighted by Gasteiger charge is -2.22. The van der Waals surface area contributed by atoms with E-state index in [9.17, 15) is 4.79 Å². The van der Waals surface area contributed by atoms with Gasteiger partial charge >= 0.3 is 0 Å². The molecule has 0 bridgehead atoms. The summed E-state index contributed by atoms with van der Waals surface area (Å²) in [6.07, 6.45) is 3.58. The van der Waals surface area contributed by atoms with Gasteiger partial charge in [0.2, 0.25) is 5.91 Å². The highest BCUT2D eigenvalue weighted by Gasteiger charge is 2.36. The van der Waals surface area contributed by atoms with Crippen molar-refractivity contribution in [2.75, 3.05) is 19.7 Å². The van der Waals surface area contributed by atoms with Crippen molar-refractivity contribution < 1.29 is 13.9 Å². The molecule has 1 amide bonds. The number of ether oxygens (including phenoxy) is 1. The van der Waals surface area contributed by atoms with E-state index in [0.717, 1.165) is 43.4 Å². The Balaban J connectivity index is 1.59. The molecule has 5 nitrogen and oxygen atoms in total. The van der Waals surface area contributed by atoms with Crippen molar-refractivity contribution in [2.24, 2.45) is 11.7 Å². The normalized spacial score (nSPS) is 28.2. The summed E-state index contributed by atoms with van der Waals surface area (Å²) in [6.45, 7) is 4.65. The minimum absolute atomic E-state index is 0.210. The molecule has 116 valence electrons. The molecule has 1 aromatic heterocycles. The Bertz CT molecular complexity index is 493. The van der Waals surface area contributed by atoms with Gasteiger partial charge in [-0.2, -0.15) is 0 Å². The molecule has 0 spiro atoms. The van der Waals surface area contributed by atoms with Crippen LogP contribution in [0.2, 0.25) is 0 Å². The number of furan rings is 1. The highest BCUT2D eigenvalue weighted by molar-refractivity contribution is 5.75. The van der Waals surface area contributed by atoms with Crippen molar-refractivity contribution in [3.05, 3.63) is 23.7 Å². The van der Waals surface area contributed by atoms with Crippen LogP contribution < -0.4 is 5.73 Å². The van der Waals surface area contributed by atoms with E-state index < -0.39 is 0 Å². The number of rotatable bonds is 7. The van der Waals surface area contributed by atoms with Crippen LogP contribution in [0, 0.1) is 5.92 Å². The molecule has 1 saturated carbocycles. The Hall–Kier alpha value is -1.33. The van der Waals surface area contributed by atoms with E-state index in [1.807, 2.05) is 11.0 Å². The molecule has 3 atom stereocenters. The van der Waals surface area contributed by atoms with Crippen LogP contribution in [0.15, 0.2) is 16.5 Å². The third-order valence-corrected chi connectivity index (χ3v) is 4.40. The molecule has 21 heavy (non-hydrogen) atoms. The number of nitrogens with zero attached hydrogens (tertiary/aromatic N) is 1. The number of carbonyl (C=O) groups is 1. The van der Waals surface area contributed by atoms with Crippen LogP contribution >= 0.6 is 0 Å². The van der Waals surface area contributed by atoms with Gasteiger partial charge < -0.3 is 14.9 Å². The summed E-state index contributed by atoms with van der Waals surface area (Å²) in [7, 11) is 0. The first-order valence-electron chi connectivity index (χ1n) is 7.82. The second kappa shape index (κ2) is 6.20. The van der Waals surface area contributed by atoms with E-state index in [4.69, 9.17) is 14.9 Å². The van der Waals surface area contributed by atoms with Gasteiger partial charge in [-0.25, -0.2) is 0 Å². The molecule has 0 radical (unpaired) electrons. The van der Waals surface area contributed by atoms with E-state index in [0.29, 0.717) is 12.5 Å². The fourth-order valence-electron chi connectivity index (χ4n) is 3.10. The van der Waals surface area contributed by atoms with Gasteiger partial charge in [-0.1, -0.05) is 6.92 Å². The van der Waals surface area contributed by atoms with Crippen molar-refractivity contribution in [3.63, 3.8) is 0 Å². The van der Waals surface area contributed by atoms with Gasteiger partial charge in [0, 0.05) is 19.1 Å². The molecule has 1 aromatic rings. The highest BCUT2D eigenvalue weighted by atomic mass is 16.5. The number of hydrogen-bond acceptors (Lipinski definition) is 4. The zero-order chi connectivity index (χ0) is 14.8. The SMILES string of the molecule is C[C@@H]1C[C@@H]1c1ccc(CN(CC(N)=O)C[C@@H]2CCCO2)o1. The van der Waals surface area contributed by atoms with E-state index >= 15 is 0 Å². The molecule has 1 aliphatic heterocycles. The molecule has 0 aromatic carbocycles. The lowest BCUT2D eigenvalue weighted by Crippen LogP contribution is -2.38. The van der Waals surface area contributed by atoms with Crippen molar-refractivity contribution in [3.8, 4) is 0 Å². The second-order valence-electron chi connectivity index (χ2n) is 6.39. The number of amides is 1. The highest BCUT2D eigenvalue weighted by Crippen LogP contribution is 2.47. The van der Waals surface area contributed by atoms with Gasteiger partial charge in [-0.05, 0) is 37.3 Å². The fraction of sp³-hybridized carbons (Fsp3) is 0.688. The number of primary amides is 1. The molecule has 2 fully saturated rings. The molecule has 5 heteroatoms. The Morgan fingerprint density at radius 2 is 2.29 bits per heavy atom. The van der Waals surface area contributed by atoms with E-state index in [1.54, 1.807) is 0 Å². The molecule has 0 unspecified atom stereocenters. The smallest absolute Gasteiger partial charge is 0.231 e. The first-order valence-corrected chi connectivity index (χ1v) is 7.82. The molecule has 1 aliphatic carbocycles. The lowest BCUT2D eigenvalue weighted by molar-refractivity contribution is -0.119. The molecule has 3 rings (SSSR count). The predicted molar refractivity (Wildman–Crippen MR) is 78.7 cm³/mol. The minimum atomic E-state index is -0.310. The zero-order valence-corrected chi connectivity index (χ0v) is 12.6. The largest absolute Gasteiger partial charge is 0.464 e. The third-order valence-electron chi connectivity index (χ3n) is 4.40. The molecule has 2 N–H and O–H groups in total. The molecular formula is C16H24N2O3. The summed E-state index contributed by atoms with van der Waals surface area (Å²) >= 11 is 0. The summed E-state index contributed by atoms with van der Waals surface area (Å²) in [5.41, 5.74) is 5.35. The first-order chi connectivity index (χ1) is 10.1. The van der Waals surface area contributed by atoms with Crippen molar-refractivity contribution in [2.45, 2.75) is 44.8 Å². The van der Waals surface area contributed by atoms with E-state index in [-0.39, 0.29) is 18.6 Å². The van der Waals surface area contributed by atoms with Crippen LogP contribution in [0.5, 0.6) is 0 Å². The first kappa shape index (κ1) is 14.6. The van der Waals surface area contributed by atoms with Gasteiger partial charge in [-0.15, -0.1) is 0 Å². The van der Waals surface area contributed by atoms with Crippen LogP contribution in [0.1, 0.15) is 43.6 Å². The molecule has 1 saturated heterocycles. The van der Waals surface area contributed by atoms with Crippen LogP contribution in [-0.4, -0.2) is 36.6 Å². The monoisotopic (exact) mass is 292 g/mol. The second-order valence-corrected chi connectivity index (χ2v) is 6.39. The molecule has 2 aliphatic rings. The zero-order valence-electron chi connectivity index (χ0n) is 12.6. The quantitative estimate of drug-likeness (QED) is 0.833. The Kier molecular flexibility index (Phi) is 4.31. The van der Waals surface area contributed by atoms with Crippen molar-refractivity contribution in [1.82, 2.24) is 4.90 Å². The van der Waals surface area contributed by atoms with Crippen LogP contribution in [0.4, 0.5) is 0 Å². The third kappa shape index (κ3) is 3.86. The Labute approximate surface area is 125 Å². The van der Waals surface area contributed by atoms with Gasteiger partial charge in [0.25, 0.3) is 0 Å². The maximum Gasteiger partial charge on any atom is 0.231 e. The minimum Gasteiger partial charge on any atom is -0.464 e. The van der Waals surface area contributed by atoms with Crippen LogP contribution in [0.25, 0.3) is 0 Å².